The molecule has 0 radical (unpaired) electrons. The molecular weight excluding hydrogens is 282 g/mol. The molecule has 6 nitrogen and oxygen atoms in total. The Balaban J connectivity index is 1.99. The summed E-state index contributed by atoms with van der Waals surface area (Å²) in [6.07, 6.45) is 3.12. The summed E-state index contributed by atoms with van der Waals surface area (Å²) in [5, 5.41) is 10.1. The number of aromatic hydroxyl groups is 1. The van der Waals surface area contributed by atoms with Crippen molar-refractivity contribution in [3.05, 3.63) is 17.1 Å². The SMILES string of the molecule is Cc1nc(O)c2c(n1)C1CCCC(C2)N1C(=O)OC(C)(C)C. The second-order valence-electron chi connectivity index (χ2n) is 7.15. The maximum Gasteiger partial charge on any atom is 0.411 e. The molecule has 0 aromatic carbocycles. The van der Waals surface area contributed by atoms with Crippen molar-refractivity contribution in [1.29, 1.82) is 0 Å². The van der Waals surface area contributed by atoms with E-state index in [4.69, 9.17) is 4.74 Å². The summed E-state index contributed by atoms with van der Waals surface area (Å²) in [5.74, 6) is 0.590. The van der Waals surface area contributed by atoms with Gasteiger partial charge in [-0.25, -0.2) is 9.78 Å². The zero-order valence-electron chi connectivity index (χ0n) is 13.6. The molecule has 2 aliphatic heterocycles. The molecule has 1 saturated heterocycles. The van der Waals surface area contributed by atoms with E-state index in [9.17, 15) is 9.90 Å². The second-order valence-corrected chi connectivity index (χ2v) is 7.15. The fourth-order valence-corrected chi connectivity index (χ4v) is 3.45. The molecule has 2 unspecified atom stereocenters. The fourth-order valence-electron chi connectivity index (χ4n) is 3.45. The lowest BCUT2D eigenvalue weighted by Gasteiger charge is -2.46. The molecule has 2 aliphatic rings. The van der Waals surface area contributed by atoms with Crippen LogP contribution in [0.4, 0.5) is 4.79 Å². The number of aromatic nitrogens is 2. The van der Waals surface area contributed by atoms with E-state index >= 15 is 0 Å². The molecular formula is C16H23N3O3. The van der Waals surface area contributed by atoms with Crippen LogP contribution in [-0.4, -0.2) is 37.7 Å². The minimum Gasteiger partial charge on any atom is -0.493 e. The second kappa shape index (κ2) is 5.11. The van der Waals surface area contributed by atoms with E-state index < -0.39 is 5.60 Å². The van der Waals surface area contributed by atoms with Gasteiger partial charge in [0.05, 0.1) is 11.7 Å². The Labute approximate surface area is 130 Å². The summed E-state index contributed by atoms with van der Waals surface area (Å²) in [6, 6.07) is -0.0664. The highest BCUT2D eigenvalue weighted by atomic mass is 16.6. The van der Waals surface area contributed by atoms with Crippen LogP contribution in [-0.2, 0) is 11.2 Å². The first kappa shape index (κ1) is 15.1. The molecule has 1 aromatic heterocycles. The van der Waals surface area contributed by atoms with Gasteiger partial charge in [0.15, 0.2) is 0 Å². The maximum absolute atomic E-state index is 12.6. The average molecular weight is 305 g/mol. The highest BCUT2D eigenvalue weighted by Gasteiger charge is 2.44. The van der Waals surface area contributed by atoms with Gasteiger partial charge in [0.1, 0.15) is 11.4 Å². The van der Waals surface area contributed by atoms with Gasteiger partial charge in [0.2, 0.25) is 5.88 Å². The summed E-state index contributed by atoms with van der Waals surface area (Å²) in [6.45, 7) is 7.37. The Morgan fingerprint density at radius 3 is 2.73 bits per heavy atom. The number of carbonyl (C=O) groups is 1. The third-order valence-corrected chi connectivity index (χ3v) is 4.23. The van der Waals surface area contributed by atoms with Crippen molar-refractivity contribution in [3.8, 4) is 5.88 Å². The first-order valence-electron chi connectivity index (χ1n) is 7.84. The van der Waals surface area contributed by atoms with Crippen LogP contribution in [0.1, 0.15) is 63.2 Å². The topological polar surface area (TPSA) is 75.6 Å². The van der Waals surface area contributed by atoms with E-state index in [0.29, 0.717) is 12.2 Å². The van der Waals surface area contributed by atoms with Gasteiger partial charge in [-0.15, -0.1) is 0 Å². The van der Waals surface area contributed by atoms with Crippen LogP contribution in [0.25, 0.3) is 0 Å². The smallest absolute Gasteiger partial charge is 0.411 e. The number of hydrogen-bond acceptors (Lipinski definition) is 5. The van der Waals surface area contributed by atoms with E-state index in [0.717, 1.165) is 30.5 Å². The molecule has 1 N–H and O–H groups in total. The molecule has 3 rings (SSSR count). The van der Waals surface area contributed by atoms with Crippen molar-refractivity contribution >= 4 is 6.09 Å². The molecule has 120 valence electrons. The average Bonchev–Trinajstić information content (AvgIpc) is 2.38. The molecule has 1 aromatic rings. The molecule has 0 spiro atoms. The highest BCUT2D eigenvalue weighted by Crippen LogP contribution is 2.43. The maximum atomic E-state index is 12.6. The van der Waals surface area contributed by atoms with E-state index in [2.05, 4.69) is 9.97 Å². The lowest BCUT2D eigenvalue weighted by Crippen LogP contribution is -2.51. The minimum absolute atomic E-state index is 0.0540. The standard InChI is InChI=1S/C16H23N3O3/c1-9-17-13-11(14(20)18-9)8-10-6-5-7-12(13)19(10)15(21)22-16(2,3)4/h10,12H,5-8H2,1-4H3,(H,17,18,20). The van der Waals surface area contributed by atoms with Gasteiger partial charge in [-0.2, -0.15) is 4.98 Å². The third-order valence-electron chi connectivity index (χ3n) is 4.23. The summed E-state index contributed by atoms with van der Waals surface area (Å²) in [7, 11) is 0. The van der Waals surface area contributed by atoms with Crippen molar-refractivity contribution in [2.75, 3.05) is 0 Å². The normalized spacial score (nSPS) is 23.9. The summed E-state index contributed by atoms with van der Waals surface area (Å²) in [4.78, 5) is 23.0. The molecule has 3 heterocycles. The molecule has 2 atom stereocenters. The zero-order valence-corrected chi connectivity index (χ0v) is 13.6. The predicted octanol–water partition coefficient (Wildman–Crippen LogP) is 2.88. The number of carbonyl (C=O) groups excluding carboxylic acids is 1. The van der Waals surface area contributed by atoms with Crippen LogP contribution < -0.4 is 0 Å². The first-order chi connectivity index (χ1) is 10.3. The fraction of sp³-hybridized carbons (Fsp3) is 0.688. The summed E-state index contributed by atoms with van der Waals surface area (Å²) < 4.78 is 5.57. The van der Waals surface area contributed by atoms with Crippen LogP contribution in [0.15, 0.2) is 0 Å². The van der Waals surface area contributed by atoms with Gasteiger partial charge >= 0.3 is 6.09 Å². The van der Waals surface area contributed by atoms with E-state index in [1.54, 1.807) is 6.92 Å². The van der Waals surface area contributed by atoms with Crippen LogP contribution >= 0.6 is 0 Å². The van der Waals surface area contributed by atoms with Crippen molar-refractivity contribution in [2.24, 2.45) is 0 Å². The Bertz CT molecular complexity index is 609. The monoisotopic (exact) mass is 305 g/mol. The highest BCUT2D eigenvalue weighted by molar-refractivity contribution is 5.70. The molecule has 1 amide bonds. The van der Waals surface area contributed by atoms with Gasteiger partial charge in [-0.3, -0.25) is 4.90 Å². The zero-order chi connectivity index (χ0) is 16.1. The number of hydrogen-bond donors (Lipinski definition) is 1. The van der Waals surface area contributed by atoms with Gasteiger partial charge < -0.3 is 9.84 Å². The van der Waals surface area contributed by atoms with Crippen LogP contribution in [0.5, 0.6) is 5.88 Å². The van der Waals surface area contributed by atoms with E-state index in [1.807, 2.05) is 25.7 Å². The van der Waals surface area contributed by atoms with Crippen LogP contribution in [0.2, 0.25) is 0 Å². The Morgan fingerprint density at radius 1 is 1.32 bits per heavy atom. The Hall–Kier alpha value is -1.85. The van der Waals surface area contributed by atoms with Gasteiger partial charge in [-0.05, 0) is 47.0 Å². The number of piperidine rings is 1. The number of amides is 1. The molecule has 22 heavy (non-hydrogen) atoms. The van der Waals surface area contributed by atoms with Gasteiger partial charge in [0, 0.05) is 18.0 Å². The Morgan fingerprint density at radius 2 is 2.05 bits per heavy atom. The van der Waals surface area contributed by atoms with E-state index in [1.165, 1.54) is 0 Å². The number of ether oxygens (including phenoxy) is 1. The minimum atomic E-state index is -0.518. The molecule has 6 heteroatoms. The van der Waals surface area contributed by atoms with E-state index in [-0.39, 0.29) is 24.1 Å². The number of aryl methyl sites for hydroxylation is 1. The lowest BCUT2D eigenvalue weighted by atomic mass is 9.83. The number of nitrogens with zero attached hydrogens (tertiary/aromatic N) is 3. The summed E-state index contributed by atoms with van der Waals surface area (Å²) >= 11 is 0. The van der Waals surface area contributed by atoms with Crippen molar-refractivity contribution in [2.45, 2.75) is 71.1 Å². The van der Waals surface area contributed by atoms with Crippen molar-refractivity contribution in [3.63, 3.8) is 0 Å². The molecule has 1 fully saturated rings. The third kappa shape index (κ3) is 2.62. The molecule has 0 saturated carbocycles. The van der Waals surface area contributed by atoms with Crippen LogP contribution in [0.3, 0.4) is 0 Å². The van der Waals surface area contributed by atoms with Crippen molar-refractivity contribution in [1.82, 2.24) is 14.9 Å². The Kier molecular flexibility index (Phi) is 3.50. The largest absolute Gasteiger partial charge is 0.493 e. The quantitative estimate of drug-likeness (QED) is 0.797. The first-order valence-corrected chi connectivity index (χ1v) is 7.84. The number of rotatable bonds is 0. The summed E-state index contributed by atoms with van der Waals surface area (Å²) in [5.41, 5.74) is 1.06. The van der Waals surface area contributed by atoms with Gasteiger partial charge in [0.25, 0.3) is 0 Å². The molecule has 2 bridgehead atoms. The number of fused-ring (bicyclic) bond motifs is 4. The van der Waals surface area contributed by atoms with Crippen LogP contribution in [0, 0.1) is 6.92 Å². The molecule has 0 aliphatic carbocycles. The lowest BCUT2D eigenvalue weighted by molar-refractivity contribution is -0.0109. The van der Waals surface area contributed by atoms with Crippen molar-refractivity contribution < 1.29 is 14.6 Å². The predicted molar refractivity (Wildman–Crippen MR) is 80.6 cm³/mol. The van der Waals surface area contributed by atoms with Gasteiger partial charge in [-0.1, -0.05) is 0 Å².